The molecular weight excluding hydrogens is 250 g/mol. The summed E-state index contributed by atoms with van der Waals surface area (Å²) in [7, 11) is 0. The Labute approximate surface area is 121 Å². The zero-order chi connectivity index (χ0) is 14.7. The van der Waals surface area contributed by atoms with E-state index in [9.17, 15) is 4.79 Å². The van der Waals surface area contributed by atoms with Gasteiger partial charge in [0.15, 0.2) is 0 Å². The summed E-state index contributed by atoms with van der Waals surface area (Å²) in [4.78, 5) is 14.4. The molecule has 1 heterocycles. The standard InChI is InChI=1S/C16H25N3O/c1-11-7-12(2)13(3)19(9-11)10-16(20)18-15-6-4-5-14(17)8-15/h4-6,8,11-13H,7,9-10,17H2,1-3H3,(H,18,20). The molecule has 4 nitrogen and oxygen atoms in total. The quantitative estimate of drug-likeness (QED) is 0.834. The van der Waals surface area contributed by atoms with Crippen LogP contribution in [0.2, 0.25) is 0 Å². The molecule has 0 bridgehead atoms. The van der Waals surface area contributed by atoms with E-state index in [-0.39, 0.29) is 5.91 Å². The largest absolute Gasteiger partial charge is 0.399 e. The molecule has 1 amide bonds. The van der Waals surface area contributed by atoms with Gasteiger partial charge >= 0.3 is 0 Å². The first-order chi connectivity index (χ1) is 9.45. The summed E-state index contributed by atoms with van der Waals surface area (Å²) in [6.45, 7) is 8.18. The van der Waals surface area contributed by atoms with Gasteiger partial charge < -0.3 is 11.1 Å². The molecule has 0 spiro atoms. The third kappa shape index (κ3) is 3.73. The number of hydrogen-bond donors (Lipinski definition) is 2. The molecule has 3 N–H and O–H groups in total. The van der Waals surface area contributed by atoms with Crippen molar-refractivity contribution in [3.63, 3.8) is 0 Å². The van der Waals surface area contributed by atoms with Crippen molar-refractivity contribution in [1.29, 1.82) is 0 Å². The van der Waals surface area contributed by atoms with Crippen LogP contribution < -0.4 is 11.1 Å². The summed E-state index contributed by atoms with van der Waals surface area (Å²) in [6, 6.07) is 7.75. The van der Waals surface area contributed by atoms with Crippen molar-refractivity contribution in [1.82, 2.24) is 4.90 Å². The summed E-state index contributed by atoms with van der Waals surface area (Å²) >= 11 is 0. The molecule has 0 aromatic heterocycles. The Morgan fingerprint density at radius 2 is 2.15 bits per heavy atom. The Morgan fingerprint density at radius 1 is 1.40 bits per heavy atom. The zero-order valence-corrected chi connectivity index (χ0v) is 12.6. The van der Waals surface area contributed by atoms with Gasteiger partial charge in [-0.2, -0.15) is 0 Å². The monoisotopic (exact) mass is 275 g/mol. The van der Waals surface area contributed by atoms with Crippen molar-refractivity contribution in [2.45, 2.75) is 33.2 Å². The van der Waals surface area contributed by atoms with Crippen molar-refractivity contribution >= 4 is 17.3 Å². The second-order valence-corrected chi connectivity index (χ2v) is 6.16. The van der Waals surface area contributed by atoms with Crippen LogP contribution in [0.3, 0.4) is 0 Å². The molecule has 3 unspecified atom stereocenters. The van der Waals surface area contributed by atoms with E-state index in [1.54, 1.807) is 6.07 Å². The maximum atomic E-state index is 12.2. The van der Waals surface area contributed by atoms with E-state index >= 15 is 0 Å². The maximum absolute atomic E-state index is 12.2. The SMILES string of the molecule is CC1CC(C)C(C)N(CC(=O)Nc2cccc(N)c2)C1. The number of hydrogen-bond acceptors (Lipinski definition) is 3. The van der Waals surface area contributed by atoms with Gasteiger partial charge in [-0.3, -0.25) is 9.69 Å². The smallest absolute Gasteiger partial charge is 0.238 e. The van der Waals surface area contributed by atoms with Gasteiger partial charge in [0.25, 0.3) is 0 Å². The minimum atomic E-state index is 0.0313. The zero-order valence-electron chi connectivity index (χ0n) is 12.6. The van der Waals surface area contributed by atoms with Crippen LogP contribution in [0, 0.1) is 11.8 Å². The molecule has 1 aromatic rings. The van der Waals surface area contributed by atoms with E-state index in [4.69, 9.17) is 5.73 Å². The first kappa shape index (κ1) is 14.9. The van der Waals surface area contributed by atoms with Gasteiger partial charge in [0.1, 0.15) is 0 Å². The first-order valence-electron chi connectivity index (χ1n) is 7.35. The Balaban J connectivity index is 1.93. The molecule has 0 saturated carbocycles. The van der Waals surface area contributed by atoms with E-state index in [2.05, 4.69) is 31.0 Å². The number of nitrogens with zero attached hydrogens (tertiary/aromatic N) is 1. The number of likely N-dealkylation sites (tertiary alicyclic amines) is 1. The second-order valence-electron chi connectivity index (χ2n) is 6.16. The maximum Gasteiger partial charge on any atom is 0.238 e. The van der Waals surface area contributed by atoms with Gasteiger partial charge in [-0.1, -0.05) is 19.9 Å². The normalized spacial score (nSPS) is 27.2. The van der Waals surface area contributed by atoms with Crippen LogP contribution in [0.4, 0.5) is 11.4 Å². The van der Waals surface area contributed by atoms with E-state index in [1.165, 1.54) is 6.42 Å². The number of rotatable bonds is 3. The molecule has 3 atom stereocenters. The average Bonchev–Trinajstić information content (AvgIpc) is 2.35. The van der Waals surface area contributed by atoms with Gasteiger partial charge in [-0.15, -0.1) is 0 Å². The number of benzene rings is 1. The van der Waals surface area contributed by atoms with Gasteiger partial charge in [-0.25, -0.2) is 0 Å². The van der Waals surface area contributed by atoms with Gasteiger partial charge in [-0.05, 0) is 43.4 Å². The highest BCUT2D eigenvalue weighted by atomic mass is 16.2. The van der Waals surface area contributed by atoms with Crippen molar-refractivity contribution in [3.05, 3.63) is 24.3 Å². The third-order valence-corrected chi connectivity index (χ3v) is 4.24. The summed E-state index contributed by atoms with van der Waals surface area (Å²) in [5.74, 6) is 1.32. The van der Waals surface area contributed by atoms with Crippen LogP contribution >= 0.6 is 0 Å². The van der Waals surface area contributed by atoms with Crippen LogP contribution in [0.5, 0.6) is 0 Å². The number of carbonyl (C=O) groups is 1. The number of nitrogen functional groups attached to an aromatic ring is 1. The second kappa shape index (κ2) is 6.27. The molecule has 4 heteroatoms. The average molecular weight is 275 g/mol. The van der Waals surface area contributed by atoms with Crippen LogP contribution in [0.15, 0.2) is 24.3 Å². The molecule has 0 radical (unpaired) electrons. The molecule has 0 aliphatic carbocycles. The number of piperidine rings is 1. The predicted octanol–water partition coefficient (Wildman–Crippen LogP) is 2.57. The topological polar surface area (TPSA) is 58.4 Å². The summed E-state index contributed by atoms with van der Waals surface area (Å²) < 4.78 is 0. The van der Waals surface area contributed by atoms with Gasteiger partial charge in [0.2, 0.25) is 5.91 Å². The minimum absolute atomic E-state index is 0.0313. The third-order valence-electron chi connectivity index (χ3n) is 4.24. The number of nitrogens with two attached hydrogens (primary N) is 1. The summed E-state index contributed by atoms with van der Waals surface area (Å²) in [5.41, 5.74) is 7.14. The fourth-order valence-corrected chi connectivity index (χ4v) is 3.04. The molecule has 1 aromatic carbocycles. The molecule has 2 rings (SSSR count). The molecular formula is C16H25N3O. The number of carbonyl (C=O) groups excluding carboxylic acids is 1. The molecule has 1 aliphatic heterocycles. The first-order valence-corrected chi connectivity index (χ1v) is 7.35. The highest BCUT2D eigenvalue weighted by molar-refractivity contribution is 5.92. The van der Waals surface area contributed by atoms with Crippen molar-refractivity contribution in [3.8, 4) is 0 Å². The molecule has 1 aliphatic rings. The molecule has 1 fully saturated rings. The minimum Gasteiger partial charge on any atom is -0.399 e. The van der Waals surface area contributed by atoms with Crippen molar-refractivity contribution in [2.24, 2.45) is 11.8 Å². The van der Waals surface area contributed by atoms with Gasteiger partial charge in [0, 0.05) is 24.0 Å². The lowest BCUT2D eigenvalue weighted by Gasteiger charge is -2.40. The predicted molar refractivity (Wildman–Crippen MR) is 83.5 cm³/mol. The van der Waals surface area contributed by atoms with E-state index in [1.807, 2.05) is 18.2 Å². The highest BCUT2D eigenvalue weighted by Gasteiger charge is 2.29. The van der Waals surface area contributed by atoms with Crippen molar-refractivity contribution < 1.29 is 4.79 Å². The summed E-state index contributed by atoms with van der Waals surface area (Å²) in [5, 5.41) is 2.92. The molecule has 20 heavy (non-hydrogen) atoms. The Kier molecular flexibility index (Phi) is 4.65. The fourth-order valence-electron chi connectivity index (χ4n) is 3.04. The fraction of sp³-hybridized carbons (Fsp3) is 0.562. The van der Waals surface area contributed by atoms with Crippen LogP contribution in [0.25, 0.3) is 0 Å². The van der Waals surface area contributed by atoms with E-state index < -0.39 is 0 Å². The van der Waals surface area contributed by atoms with E-state index in [0.717, 1.165) is 12.2 Å². The van der Waals surface area contributed by atoms with Crippen LogP contribution in [-0.2, 0) is 4.79 Å². The summed E-state index contributed by atoms with van der Waals surface area (Å²) in [6.07, 6.45) is 1.24. The molecule has 1 saturated heterocycles. The lowest BCUT2D eigenvalue weighted by Crippen LogP contribution is -2.48. The lowest BCUT2D eigenvalue weighted by molar-refractivity contribution is -0.118. The number of amides is 1. The van der Waals surface area contributed by atoms with Crippen LogP contribution in [0.1, 0.15) is 27.2 Å². The van der Waals surface area contributed by atoms with Gasteiger partial charge in [0.05, 0.1) is 6.54 Å². The van der Waals surface area contributed by atoms with E-state index in [0.29, 0.717) is 30.1 Å². The number of nitrogens with one attached hydrogen (secondary N) is 1. The molecule has 110 valence electrons. The Hall–Kier alpha value is -1.55. The van der Waals surface area contributed by atoms with Crippen molar-refractivity contribution in [2.75, 3.05) is 24.1 Å². The number of anilines is 2. The lowest BCUT2D eigenvalue weighted by atomic mass is 9.86. The Morgan fingerprint density at radius 3 is 2.85 bits per heavy atom. The Bertz CT molecular complexity index is 475. The highest BCUT2D eigenvalue weighted by Crippen LogP contribution is 2.26. The van der Waals surface area contributed by atoms with Crippen LogP contribution in [-0.4, -0.2) is 29.9 Å².